The molecule has 6 nitrogen and oxygen atoms in total. The molecule has 2 N–H and O–H groups in total. The number of nitrogens with one attached hydrogen (secondary N) is 2. The molecular weight excluding hydrogens is 388 g/mol. The first-order chi connectivity index (χ1) is 12.8. The Balaban J connectivity index is 1.81. The zero-order chi connectivity index (χ0) is 19.6. The molecule has 1 atom stereocenters. The van der Waals surface area contributed by atoms with Gasteiger partial charge in [-0.05, 0) is 68.1 Å². The Bertz CT molecular complexity index is 941. The largest absolute Gasteiger partial charge is 0.497 e. The van der Waals surface area contributed by atoms with Gasteiger partial charge in [-0.3, -0.25) is 9.52 Å². The maximum atomic E-state index is 12.7. The van der Waals surface area contributed by atoms with Gasteiger partial charge in [0, 0.05) is 17.3 Å². The monoisotopic (exact) mass is 408 g/mol. The van der Waals surface area contributed by atoms with Crippen LogP contribution in [0.5, 0.6) is 5.75 Å². The van der Waals surface area contributed by atoms with Gasteiger partial charge in [0.05, 0.1) is 12.1 Å². The van der Waals surface area contributed by atoms with Crippen LogP contribution in [-0.2, 0) is 10.0 Å². The minimum Gasteiger partial charge on any atom is -0.497 e. The average Bonchev–Trinajstić information content (AvgIpc) is 3.47. The number of hydrogen-bond acceptors (Lipinski definition) is 4. The Kier molecular flexibility index (Phi) is 5.62. The summed E-state index contributed by atoms with van der Waals surface area (Å²) in [6.45, 7) is 1.95. The van der Waals surface area contributed by atoms with Gasteiger partial charge in [-0.25, -0.2) is 8.42 Å². The summed E-state index contributed by atoms with van der Waals surface area (Å²) in [6.07, 6.45) is 2.21. The number of carbonyl (C=O) groups excluding carboxylic acids is 1. The fraction of sp³-hybridized carbons (Fsp3) is 0.316. The molecule has 27 heavy (non-hydrogen) atoms. The van der Waals surface area contributed by atoms with Crippen LogP contribution in [0.2, 0.25) is 5.02 Å². The van der Waals surface area contributed by atoms with Gasteiger partial charge in [0.25, 0.3) is 15.9 Å². The van der Waals surface area contributed by atoms with E-state index in [4.69, 9.17) is 16.3 Å². The summed E-state index contributed by atoms with van der Waals surface area (Å²) >= 11 is 6.09. The fourth-order valence-corrected chi connectivity index (χ4v) is 4.31. The third kappa shape index (κ3) is 4.73. The van der Waals surface area contributed by atoms with E-state index in [1.807, 2.05) is 6.92 Å². The average molecular weight is 409 g/mol. The van der Waals surface area contributed by atoms with Gasteiger partial charge in [0.1, 0.15) is 10.6 Å². The minimum atomic E-state index is -3.95. The van der Waals surface area contributed by atoms with Crippen molar-refractivity contribution in [3.63, 3.8) is 0 Å². The van der Waals surface area contributed by atoms with Crippen LogP contribution in [0.25, 0.3) is 0 Å². The molecule has 2 aromatic rings. The molecule has 0 spiro atoms. The van der Waals surface area contributed by atoms with Gasteiger partial charge in [-0.2, -0.15) is 0 Å². The first kappa shape index (κ1) is 19.5. The Morgan fingerprint density at radius 3 is 2.44 bits per heavy atom. The Labute approximate surface area is 163 Å². The zero-order valence-electron chi connectivity index (χ0n) is 15.0. The predicted molar refractivity (Wildman–Crippen MR) is 105 cm³/mol. The number of carbonyl (C=O) groups is 1. The van der Waals surface area contributed by atoms with Crippen LogP contribution >= 0.6 is 11.6 Å². The molecule has 0 bridgehead atoms. The molecule has 1 aliphatic carbocycles. The highest BCUT2D eigenvalue weighted by Gasteiger charge is 2.29. The van der Waals surface area contributed by atoms with Crippen LogP contribution in [0, 0.1) is 5.92 Å². The van der Waals surface area contributed by atoms with Crippen molar-refractivity contribution >= 4 is 33.2 Å². The van der Waals surface area contributed by atoms with Crippen molar-refractivity contribution in [2.75, 3.05) is 11.8 Å². The van der Waals surface area contributed by atoms with E-state index in [0.717, 1.165) is 12.8 Å². The van der Waals surface area contributed by atoms with Gasteiger partial charge in [0.15, 0.2) is 0 Å². The Hall–Kier alpha value is -2.25. The van der Waals surface area contributed by atoms with Crippen molar-refractivity contribution in [3.8, 4) is 5.75 Å². The summed E-state index contributed by atoms with van der Waals surface area (Å²) in [5, 5.41) is 2.95. The summed E-state index contributed by atoms with van der Waals surface area (Å²) in [4.78, 5) is 12.3. The molecule has 2 aromatic carbocycles. The van der Waals surface area contributed by atoms with E-state index in [2.05, 4.69) is 10.0 Å². The highest BCUT2D eigenvalue weighted by atomic mass is 35.5. The molecule has 0 aliphatic heterocycles. The maximum absolute atomic E-state index is 12.7. The van der Waals surface area contributed by atoms with E-state index in [-0.39, 0.29) is 27.4 Å². The molecule has 1 amide bonds. The smallest absolute Gasteiger partial charge is 0.263 e. The molecule has 1 saturated carbocycles. The Morgan fingerprint density at radius 1 is 1.19 bits per heavy atom. The summed E-state index contributed by atoms with van der Waals surface area (Å²) in [5.74, 6) is 0.799. The molecule has 1 aliphatic rings. The lowest BCUT2D eigenvalue weighted by Crippen LogP contribution is -2.34. The van der Waals surface area contributed by atoms with Crippen LogP contribution in [0.15, 0.2) is 47.4 Å². The van der Waals surface area contributed by atoms with Gasteiger partial charge in [-0.1, -0.05) is 11.6 Å². The molecule has 3 rings (SSSR count). The number of halogens is 1. The molecular formula is C19H21ClN2O4S. The van der Waals surface area contributed by atoms with Crippen molar-refractivity contribution in [2.45, 2.75) is 30.7 Å². The second kappa shape index (κ2) is 7.78. The molecule has 0 radical (unpaired) electrons. The second-order valence-corrected chi connectivity index (χ2v) is 8.64. The molecule has 1 fully saturated rings. The van der Waals surface area contributed by atoms with E-state index in [1.165, 1.54) is 25.3 Å². The van der Waals surface area contributed by atoms with Crippen molar-refractivity contribution in [1.29, 1.82) is 0 Å². The lowest BCUT2D eigenvalue weighted by molar-refractivity contribution is 0.0935. The third-order valence-electron chi connectivity index (χ3n) is 4.51. The molecule has 8 heteroatoms. The topological polar surface area (TPSA) is 84.5 Å². The first-order valence-corrected chi connectivity index (χ1v) is 10.4. The van der Waals surface area contributed by atoms with E-state index in [0.29, 0.717) is 17.4 Å². The number of ether oxygens (including phenoxy) is 1. The van der Waals surface area contributed by atoms with Crippen LogP contribution in [-0.4, -0.2) is 27.5 Å². The van der Waals surface area contributed by atoms with E-state index in [9.17, 15) is 13.2 Å². The van der Waals surface area contributed by atoms with E-state index < -0.39 is 10.0 Å². The number of sulfonamides is 1. The predicted octanol–water partition coefficient (Wildman–Crippen LogP) is 3.68. The highest BCUT2D eigenvalue weighted by Crippen LogP contribution is 2.32. The molecule has 144 valence electrons. The molecule has 0 saturated heterocycles. The fourth-order valence-electron chi connectivity index (χ4n) is 2.72. The summed E-state index contributed by atoms with van der Waals surface area (Å²) in [6, 6.07) is 10.7. The molecule has 0 heterocycles. The summed E-state index contributed by atoms with van der Waals surface area (Å²) in [5.41, 5.74) is 0.617. The van der Waals surface area contributed by atoms with E-state index >= 15 is 0 Å². The summed E-state index contributed by atoms with van der Waals surface area (Å²) in [7, 11) is -2.43. The molecule has 1 unspecified atom stereocenters. The third-order valence-corrected chi connectivity index (χ3v) is 6.38. The van der Waals surface area contributed by atoms with Gasteiger partial charge in [-0.15, -0.1) is 0 Å². The number of rotatable bonds is 7. The number of amides is 1. The SMILES string of the molecule is COc1ccc(NS(=O)(=O)c2cc(C(=O)NC(C)C3CC3)ccc2Cl)cc1. The highest BCUT2D eigenvalue weighted by molar-refractivity contribution is 7.92. The molecule has 0 aromatic heterocycles. The van der Waals surface area contributed by atoms with Gasteiger partial charge in [0.2, 0.25) is 0 Å². The standard InChI is InChI=1S/C19H21ClN2O4S/c1-12(13-3-4-13)21-19(23)14-5-10-17(20)18(11-14)27(24,25)22-15-6-8-16(26-2)9-7-15/h5-13,22H,3-4H2,1-2H3,(H,21,23). The van der Waals surface area contributed by atoms with Gasteiger partial charge >= 0.3 is 0 Å². The maximum Gasteiger partial charge on any atom is 0.263 e. The van der Waals surface area contributed by atoms with Crippen LogP contribution in [0.3, 0.4) is 0 Å². The quantitative estimate of drug-likeness (QED) is 0.731. The van der Waals surface area contributed by atoms with Gasteiger partial charge < -0.3 is 10.1 Å². The Morgan fingerprint density at radius 2 is 1.85 bits per heavy atom. The number of methoxy groups -OCH3 is 1. The zero-order valence-corrected chi connectivity index (χ0v) is 16.6. The lowest BCUT2D eigenvalue weighted by atomic mass is 10.1. The number of hydrogen-bond donors (Lipinski definition) is 2. The van der Waals surface area contributed by atoms with Crippen molar-refractivity contribution in [3.05, 3.63) is 53.1 Å². The van der Waals surface area contributed by atoms with Crippen LogP contribution < -0.4 is 14.8 Å². The second-order valence-electron chi connectivity index (χ2n) is 6.58. The number of benzene rings is 2. The summed E-state index contributed by atoms with van der Waals surface area (Å²) < 4.78 is 33.0. The van der Waals surface area contributed by atoms with Crippen molar-refractivity contribution in [2.24, 2.45) is 5.92 Å². The van der Waals surface area contributed by atoms with Crippen molar-refractivity contribution in [1.82, 2.24) is 5.32 Å². The normalized spacial score (nSPS) is 15.1. The van der Waals surface area contributed by atoms with E-state index in [1.54, 1.807) is 24.3 Å². The number of anilines is 1. The lowest BCUT2D eigenvalue weighted by Gasteiger charge is -2.14. The van der Waals surface area contributed by atoms with Crippen molar-refractivity contribution < 1.29 is 17.9 Å². The van der Waals surface area contributed by atoms with Crippen LogP contribution in [0.1, 0.15) is 30.1 Å². The first-order valence-electron chi connectivity index (χ1n) is 8.57. The van der Waals surface area contributed by atoms with Crippen LogP contribution in [0.4, 0.5) is 5.69 Å². The minimum absolute atomic E-state index is 0.0443.